The van der Waals surface area contributed by atoms with Gasteiger partial charge in [-0.05, 0) is 19.1 Å². The second-order valence-electron chi connectivity index (χ2n) is 2.96. The SMILES string of the molecule is CNc1ncc(-c2ccc(C)o2)cn1. The van der Waals surface area contributed by atoms with Crippen molar-refractivity contribution in [2.45, 2.75) is 6.92 Å². The molecule has 0 aliphatic heterocycles. The molecule has 14 heavy (non-hydrogen) atoms. The van der Waals surface area contributed by atoms with Crippen molar-refractivity contribution in [2.24, 2.45) is 0 Å². The Balaban J connectivity index is 2.33. The Kier molecular flexibility index (Phi) is 2.18. The molecule has 0 aliphatic rings. The molecule has 0 aliphatic carbocycles. The van der Waals surface area contributed by atoms with E-state index in [1.807, 2.05) is 19.1 Å². The number of rotatable bonds is 2. The van der Waals surface area contributed by atoms with E-state index in [1.54, 1.807) is 19.4 Å². The number of anilines is 1. The summed E-state index contributed by atoms with van der Waals surface area (Å²) in [5, 5.41) is 2.86. The number of furan rings is 1. The maximum Gasteiger partial charge on any atom is 0.222 e. The van der Waals surface area contributed by atoms with Gasteiger partial charge in [0, 0.05) is 19.4 Å². The molecule has 0 fully saturated rings. The molecule has 2 heterocycles. The normalized spacial score (nSPS) is 10.1. The molecule has 0 unspecified atom stereocenters. The quantitative estimate of drug-likeness (QED) is 0.785. The summed E-state index contributed by atoms with van der Waals surface area (Å²) >= 11 is 0. The lowest BCUT2D eigenvalue weighted by molar-refractivity contribution is 0.548. The average Bonchev–Trinajstić information content (AvgIpc) is 2.65. The average molecular weight is 189 g/mol. The minimum atomic E-state index is 0.608. The number of aromatic nitrogens is 2. The Bertz CT molecular complexity index is 419. The third-order valence-electron chi connectivity index (χ3n) is 1.90. The number of hydrogen-bond acceptors (Lipinski definition) is 4. The molecule has 0 aromatic carbocycles. The van der Waals surface area contributed by atoms with E-state index in [9.17, 15) is 0 Å². The summed E-state index contributed by atoms with van der Waals surface area (Å²) in [4.78, 5) is 8.20. The first-order valence-corrected chi connectivity index (χ1v) is 4.36. The fraction of sp³-hybridized carbons (Fsp3) is 0.200. The Morgan fingerprint density at radius 1 is 1.21 bits per heavy atom. The standard InChI is InChI=1S/C10H11N3O/c1-7-3-4-9(14-7)8-5-12-10(11-2)13-6-8/h3-6H,1-2H3,(H,11,12,13). The van der Waals surface area contributed by atoms with E-state index in [-0.39, 0.29) is 0 Å². The van der Waals surface area contributed by atoms with Crippen LogP contribution in [-0.2, 0) is 0 Å². The largest absolute Gasteiger partial charge is 0.461 e. The van der Waals surface area contributed by atoms with Crippen LogP contribution in [0.3, 0.4) is 0 Å². The third kappa shape index (κ3) is 1.59. The molecule has 0 saturated heterocycles. The predicted octanol–water partition coefficient (Wildman–Crippen LogP) is 2.09. The van der Waals surface area contributed by atoms with Gasteiger partial charge in [-0.3, -0.25) is 0 Å². The van der Waals surface area contributed by atoms with Crippen molar-refractivity contribution in [1.29, 1.82) is 0 Å². The summed E-state index contributed by atoms with van der Waals surface area (Å²) in [6.07, 6.45) is 3.47. The summed E-state index contributed by atoms with van der Waals surface area (Å²) in [5.74, 6) is 2.29. The summed E-state index contributed by atoms with van der Waals surface area (Å²) < 4.78 is 5.44. The van der Waals surface area contributed by atoms with Gasteiger partial charge in [0.15, 0.2) is 0 Å². The van der Waals surface area contributed by atoms with Gasteiger partial charge in [-0.2, -0.15) is 0 Å². The minimum absolute atomic E-state index is 0.608. The van der Waals surface area contributed by atoms with Crippen molar-refractivity contribution >= 4 is 5.95 Å². The lowest BCUT2D eigenvalue weighted by atomic mass is 10.3. The van der Waals surface area contributed by atoms with E-state index in [4.69, 9.17) is 4.42 Å². The van der Waals surface area contributed by atoms with Crippen molar-refractivity contribution in [3.63, 3.8) is 0 Å². The van der Waals surface area contributed by atoms with Gasteiger partial charge in [0.1, 0.15) is 11.5 Å². The molecule has 0 atom stereocenters. The van der Waals surface area contributed by atoms with Crippen LogP contribution in [0.5, 0.6) is 0 Å². The van der Waals surface area contributed by atoms with Gasteiger partial charge in [-0.25, -0.2) is 9.97 Å². The first-order valence-electron chi connectivity index (χ1n) is 4.36. The molecule has 0 saturated carbocycles. The molecule has 0 amide bonds. The second-order valence-corrected chi connectivity index (χ2v) is 2.96. The van der Waals surface area contributed by atoms with Gasteiger partial charge in [-0.15, -0.1) is 0 Å². The zero-order chi connectivity index (χ0) is 9.97. The molecule has 1 N–H and O–H groups in total. The van der Waals surface area contributed by atoms with Gasteiger partial charge in [0.05, 0.1) is 5.56 Å². The molecule has 0 spiro atoms. The van der Waals surface area contributed by atoms with Crippen molar-refractivity contribution in [2.75, 3.05) is 12.4 Å². The van der Waals surface area contributed by atoms with E-state index >= 15 is 0 Å². The lowest BCUT2D eigenvalue weighted by Gasteiger charge is -1.98. The summed E-state index contributed by atoms with van der Waals surface area (Å²) in [7, 11) is 1.78. The number of nitrogens with zero attached hydrogens (tertiary/aromatic N) is 2. The van der Waals surface area contributed by atoms with Crippen LogP contribution in [0.15, 0.2) is 28.9 Å². The van der Waals surface area contributed by atoms with Crippen molar-refractivity contribution in [3.8, 4) is 11.3 Å². The van der Waals surface area contributed by atoms with Crippen LogP contribution in [0.2, 0.25) is 0 Å². The van der Waals surface area contributed by atoms with Crippen molar-refractivity contribution in [1.82, 2.24) is 9.97 Å². The zero-order valence-electron chi connectivity index (χ0n) is 8.11. The Labute approximate surface area is 82.0 Å². The highest BCUT2D eigenvalue weighted by molar-refractivity contribution is 5.55. The highest BCUT2D eigenvalue weighted by Crippen LogP contribution is 2.20. The highest BCUT2D eigenvalue weighted by atomic mass is 16.3. The number of nitrogens with one attached hydrogen (secondary N) is 1. The van der Waals surface area contributed by atoms with Crippen molar-refractivity contribution < 1.29 is 4.42 Å². The van der Waals surface area contributed by atoms with Crippen LogP contribution in [0.25, 0.3) is 11.3 Å². The summed E-state index contributed by atoms with van der Waals surface area (Å²) in [6, 6.07) is 3.83. The maximum atomic E-state index is 5.44. The van der Waals surface area contributed by atoms with E-state index in [2.05, 4.69) is 15.3 Å². The fourth-order valence-corrected chi connectivity index (χ4v) is 1.17. The smallest absolute Gasteiger partial charge is 0.222 e. The Morgan fingerprint density at radius 3 is 2.43 bits per heavy atom. The zero-order valence-corrected chi connectivity index (χ0v) is 8.11. The van der Waals surface area contributed by atoms with E-state index in [1.165, 1.54) is 0 Å². The molecule has 2 aromatic rings. The van der Waals surface area contributed by atoms with E-state index in [0.717, 1.165) is 17.1 Å². The predicted molar refractivity (Wildman–Crippen MR) is 54.0 cm³/mol. The Morgan fingerprint density at radius 2 is 1.93 bits per heavy atom. The Hall–Kier alpha value is -1.84. The van der Waals surface area contributed by atoms with Crippen LogP contribution < -0.4 is 5.32 Å². The van der Waals surface area contributed by atoms with Gasteiger partial charge >= 0.3 is 0 Å². The topological polar surface area (TPSA) is 51.0 Å². The van der Waals surface area contributed by atoms with E-state index < -0.39 is 0 Å². The lowest BCUT2D eigenvalue weighted by Crippen LogP contribution is -1.94. The number of hydrogen-bond donors (Lipinski definition) is 1. The minimum Gasteiger partial charge on any atom is -0.461 e. The number of aryl methyl sites for hydroxylation is 1. The van der Waals surface area contributed by atoms with Crippen LogP contribution in [0, 0.1) is 6.92 Å². The molecule has 2 rings (SSSR count). The van der Waals surface area contributed by atoms with Crippen LogP contribution in [-0.4, -0.2) is 17.0 Å². The van der Waals surface area contributed by atoms with Crippen LogP contribution >= 0.6 is 0 Å². The van der Waals surface area contributed by atoms with Gasteiger partial charge in [-0.1, -0.05) is 0 Å². The summed E-state index contributed by atoms with van der Waals surface area (Å²) in [5.41, 5.74) is 0.886. The molecule has 0 bridgehead atoms. The molecule has 72 valence electrons. The fourth-order valence-electron chi connectivity index (χ4n) is 1.17. The first-order chi connectivity index (χ1) is 6.79. The summed E-state index contributed by atoms with van der Waals surface area (Å²) in [6.45, 7) is 1.91. The molecule has 0 radical (unpaired) electrons. The molecule has 4 heteroatoms. The highest BCUT2D eigenvalue weighted by Gasteiger charge is 2.03. The van der Waals surface area contributed by atoms with Gasteiger partial charge in [0.2, 0.25) is 5.95 Å². The molecule has 4 nitrogen and oxygen atoms in total. The molecular formula is C10H11N3O. The van der Waals surface area contributed by atoms with Crippen LogP contribution in [0.4, 0.5) is 5.95 Å². The van der Waals surface area contributed by atoms with Crippen molar-refractivity contribution in [3.05, 3.63) is 30.3 Å². The van der Waals surface area contributed by atoms with Crippen LogP contribution in [0.1, 0.15) is 5.76 Å². The van der Waals surface area contributed by atoms with E-state index in [0.29, 0.717) is 5.95 Å². The molecule has 2 aromatic heterocycles. The monoisotopic (exact) mass is 189 g/mol. The maximum absolute atomic E-state index is 5.44. The second kappa shape index (κ2) is 3.49. The molecular weight excluding hydrogens is 178 g/mol. The van der Waals surface area contributed by atoms with Gasteiger partial charge < -0.3 is 9.73 Å². The first kappa shape index (κ1) is 8.74. The third-order valence-corrected chi connectivity index (χ3v) is 1.90. The van der Waals surface area contributed by atoms with Gasteiger partial charge in [0.25, 0.3) is 0 Å².